The maximum Gasteiger partial charge on any atom is 0.341 e. The van der Waals surface area contributed by atoms with Crippen LogP contribution in [0.15, 0.2) is 18.2 Å². The Morgan fingerprint density at radius 3 is 2.44 bits per heavy atom. The molecule has 4 nitrogen and oxygen atoms in total. The smallest absolute Gasteiger partial charge is 0.341 e. The molecular weight excluding hydrogens is 246 g/mol. The lowest BCUT2D eigenvalue weighted by Crippen LogP contribution is -2.08. The zero-order valence-electron chi connectivity index (χ0n) is 9.95. The van der Waals surface area contributed by atoms with Crippen LogP contribution in [0.5, 0.6) is 11.5 Å². The lowest BCUT2D eigenvalue weighted by atomic mass is 10.2. The van der Waals surface area contributed by atoms with Crippen LogP contribution < -0.4 is 9.47 Å². The van der Waals surface area contributed by atoms with Crippen LogP contribution in [0.4, 0.5) is 8.78 Å². The number of esters is 1. The largest absolute Gasteiger partial charge is 0.491 e. The minimum absolute atomic E-state index is 0.0971. The third-order valence-electron chi connectivity index (χ3n) is 2.04. The van der Waals surface area contributed by atoms with Gasteiger partial charge in [0.25, 0.3) is 0 Å². The lowest BCUT2D eigenvalue weighted by Gasteiger charge is -2.11. The Morgan fingerprint density at radius 1 is 1.17 bits per heavy atom. The van der Waals surface area contributed by atoms with Gasteiger partial charge in [-0.1, -0.05) is 0 Å². The van der Waals surface area contributed by atoms with Crippen LogP contribution >= 0.6 is 0 Å². The predicted octanol–water partition coefficient (Wildman–Crippen LogP) is 2.17. The summed E-state index contributed by atoms with van der Waals surface area (Å²) in [6, 6.07) is 4.31. The summed E-state index contributed by atoms with van der Waals surface area (Å²) >= 11 is 0. The minimum atomic E-state index is -0.684. The van der Waals surface area contributed by atoms with Gasteiger partial charge >= 0.3 is 5.97 Å². The molecule has 0 bridgehead atoms. The van der Waals surface area contributed by atoms with E-state index in [1.54, 1.807) is 0 Å². The second-order valence-corrected chi connectivity index (χ2v) is 3.22. The lowest BCUT2D eigenvalue weighted by molar-refractivity contribution is 0.0595. The van der Waals surface area contributed by atoms with E-state index in [0.29, 0.717) is 5.75 Å². The van der Waals surface area contributed by atoms with Gasteiger partial charge in [0.1, 0.15) is 43.6 Å². The van der Waals surface area contributed by atoms with E-state index in [4.69, 9.17) is 9.47 Å². The molecule has 6 heteroatoms. The predicted molar refractivity (Wildman–Crippen MR) is 60.7 cm³/mol. The molecule has 0 saturated carbocycles. The molecule has 0 spiro atoms. The molecule has 1 rings (SSSR count). The topological polar surface area (TPSA) is 44.8 Å². The highest BCUT2D eigenvalue weighted by Crippen LogP contribution is 2.25. The van der Waals surface area contributed by atoms with Crippen LogP contribution in [-0.2, 0) is 4.74 Å². The summed E-state index contributed by atoms with van der Waals surface area (Å²) in [6.45, 7) is -1.59. The highest BCUT2D eigenvalue weighted by Gasteiger charge is 2.14. The Bertz CT molecular complexity index is 396. The van der Waals surface area contributed by atoms with Gasteiger partial charge in [-0.3, -0.25) is 0 Å². The maximum absolute atomic E-state index is 12.1. The molecule has 100 valence electrons. The van der Waals surface area contributed by atoms with Crippen molar-refractivity contribution in [2.75, 3.05) is 33.7 Å². The van der Waals surface area contributed by atoms with Gasteiger partial charge in [0.05, 0.1) is 7.11 Å². The Hall–Kier alpha value is -1.85. The normalized spacial score (nSPS) is 9.94. The minimum Gasteiger partial charge on any atom is -0.491 e. The summed E-state index contributed by atoms with van der Waals surface area (Å²) in [6.07, 6.45) is 0. The molecule has 0 radical (unpaired) electrons. The fourth-order valence-corrected chi connectivity index (χ4v) is 1.30. The maximum atomic E-state index is 12.1. The van der Waals surface area contributed by atoms with Crippen molar-refractivity contribution in [3.05, 3.63) is 23.8 Å². The number of halogens is 2. The van der Waals surface area contributed by atoms with Crippen molar-refractivity contribution in [2.45, 2.75) is 0 Å². The van der Waals surface area contributed by atoms with Crippen molar-refractivity contribution in [2.24, 2.45) is 0 Å². The van der Waals surface area contributed by atoms with Crippen molar-refractivity contribution in [3.8, 4) is 11.5 Å². The molecule has 0 aliphatic rings. The first-order valence-electron chi connectivity index (χ1n) is 5.32. The SMILES string of the molecule is COC(=O)c1ccc(OCCF)cc1OCCF. The van der Waals surface area contributed by atoms with Gasteiger partial charge in [0.2, 0.25) is 0 Å². The van der Waals surface area contributed by atoms with Crippen LogP contribution in [0.25, 0.3) is 0 Å². The average Bonchev–Trinajstić information content (AvgIpc) is 2.42. The molecule has 1 aromatic rings. The summed E-state index contributed by atoms with van der Waals surface area (Å²) in [7, 11) is 1.23. The Balaban J connectivity index is 2.92. The van der Waals surface area contributed by atoms with Crippen molar-refractivity contribution in [1.29, 1.82) is 0 Å². The fourth-order valence-electron chi connectivity index (χ4n) is 1.30. The highest BCUT2D eigenvalue weighted by molar-refractivity contribution is 5.92. The second kappa shape index (κ2) is 7.47. The van der Waals surface area contributed by atoms with E-state index in [-0.39, 0.29) is 24.5 Å². The van der Waals surface area contributed by atoms with Crippen molar-refractivity contribution >= 4 is 5.97 Å². The summed E-state index contributed by atoms with van der Waals surface area (Å²) < 4.78 is 38.7. The fraction of sp³-hybridized carbons (Fsp3) is 0.417. The van der Waals surface area contributed by atoms with Crippen LogP contribution in [0.1, 0.15) is 10.4 Å². The molecule has 0 aliphatic carbocycles. The quantitative estimate of drug-likeness (QED) is 0.705. The zero-order chi connectivity index (χ0) is 13.4. The average molecular weight is 260 g/mol. The van der Waals surface area contributed by atoms with E-state index >= 15 is 0 Å². The molecule has 0 N–H and O–H groups in total. The number of benzene rings is 1. The number of hydrogen-bond acceptors (Lipinski definition) is 4. The van der Waals surface area contributed by atoms with Crippen LogP contribution in [0.2, 0.25) is 0 Å². The summed E-state index contributed by atoms with van der Waals surface area (Å²) in [4.78, 5) is 11.4. The van der Waals surface area contributed by atoms with E-state index < -0.39 is 19.3 Å². The van der Waals surface area contributed by atoms with Crippen LogP contribution in [-0.4, -0.2) is 39.6 Å². The molecule has 0 fully saturated rings. The van der Waals surface area contributed by atoms with Crippen LogP contribution in [0, 0.1) is 0 Å². The van der Waals surface area contributed by atoms with Gasteiger partial charge in [-0.05, 0) is 12.1 Å². The number of alkyl halides is 2. The van der Waals surface area contributed by atoms with E-state index in [1.807, 2.05) is 0 Å². The summed E-state index contributed by atoms with van der Waals surface area (Å²) in [5.41, 5.74) is 0.165. The number of rotatable bonds is 7. The Kier molecular flexibility index (Phi) is 5.90. The van der Waals surface area contributed by atoms with Gasteiger partial charge in [-0.15, -0.1) is 0 Å². The van der Waals surface area contributed by atoms with Gasteiger partial charge in [-0.2, -0.15) is 0 Å². The molecule has 0 unspecified atom stereocenters. The summed E-state index contributed by atoms with van der Waals surface area (Å²) in [5, 5.41) is 0. The molecule has 0 amide bonds. The van der Waals surface area contributed by atoms with Crippen molar-refractivity contribution in [1.82, 2.24) is 0 Å². The molecule has 1 aromatic carbocycles. The van der Waals surface area contributed by atoms with E-state index in [1.165, 1.54) is 25.3 Å². The molecule has 0 aliphatic heterocycles. The van der Waals surface area contributed by atoms with E-state index in [0.717, 1.165) is 0 Å². The first kappa shape index (κ1) is 14.2. The Morgan fingerprint density at radius 2 is 1.83 bits per heavy atom. The molecule has 18 heavy (non-hydrogen) atoms. The van der Waals surface area contributed by atoms with Gasteiger partial charge in [0, 0.05) is 6.07 Å². The second-order valence-electron chi connectivity index (χ2n) is 3.22. The third kappa shape index (κ3) is 3.87. The standard InChI is InChI=1S/C12H14F2O4/c1-16-12(15)10-3-2-9(17-6-4-13)8-11(10)18-7-5-14/h2-3,8H,4-7H2,1H3. The number of ether oxygens (including phenoxy) is 3. The summed E-state index contributed by atoms with van der Waals surface area (Å²) in [5.74, 6) is -0.106. The Labute approximate surface area is 103 Å². The molecule has 0 atom stereocenters. The van der Waals surface area contributed by atoms with Crippen LogP contribution in [0.3, 0.4) is 0 Å². The number of carbonyl (C=O) groups is 1. The molecular formula is C12H14F2O4. The van der Waals surface area contributed by atoms with Gasteiger partial charge < -0.3 is 14.2 Å². The number of carbonyl (C=O) groups excluding carboxylic acids is 1. The van der Waals surface area contributed by atoms with Gasteiger partial charge in [0.15, 0.2) is 0 Å². The van der Waals surface area contributed by atoms with E-state index in [9.17, 15) is 13.6 Å². The first-order valence-corrected chi connectivity index (χ1v) is 5.32. The monoisotopic (exact) mass is 260 g/mol. The zero-order valence-corrected chi connectivity index (χ0v) is 9.95. The van der Waals surface area contributed by atoms with E-state index in [2.05, 4.69) is 4.74 Å². The molecule has 0 aromatic heterocycles. The van der Waals surface area contributed by atoms with Gasteiger partial charge in [-0.25, -0.2) is 13.6 Å². The van der Waals surface area contributed by atoms with Crippen molar-refractivity contribution < 1.29 is 27.8 Å². The third-order valence-corrected chi connectivity index (χ3v) is 2.04. The highest BCUT2D eigenvalue weighted by atomic mass is 19.1. The van der Waals surface area contributed by atoms with Crippen molar-refractivity contribution in [3.63, 3.8) is 0 Å². The number of hydrogen-bond donors (Lipinski definition) is 0. The first-order chi connectivity index (χ1) is 8.72. The number of methoxy groups -OCH3 is 1. The molecule has 0 heterocycles. The molecule has 0 saturated heterocycles.